The molecule has 1 saturated heterocycles. The summed E-state index contributed by atoms with van der Waals surface area (Å²) in [6.45, 7) is 5.79. The van der Waals surface area contributed by atoms with Crippen molar-refractivity contribution in [3.8, 4) is 5.75 Å². The van der Waals surface area contributed by atoms with Crippen LogP contribution in [0.1, 0.15) is 25.0 Å². The van der Waals surface area contributed by atoms with Crippen LogP contribution in [0.5, 0.6) is 5.75 Å². The van der Waals surface area contributed by atoms with Crippen molar-refractivity contribution in [1.29, 1.82) is 0 Å². The molecular weight excluding hydrogens is 302 g/mol. The summed E-state index contributed by atoms with van der Waals surface area (Å²) >= 11 is 0. The highest BCUT2D eigenvalue weighted by molar-refractivity contribution is 5.93. The van der Waals surface area contributed by atoms with Gasteiger partial charge in [0.15, 0.2) is 5.60 Å². The molecule has 4 rings (SSSR count). The fourth-order valence-corrected chi connectivity index (χ4v) is 3.36. The van der Waals surface area contributed by atoms with Crippen LogP contribution in [-0.2, 0) is 4.74 Å². The number of fused-ring (bicyclic) bond motifs is 1. The van der Waals surface area contributed by atoms with Crippen molar-refractivity contribution >= 4 is 17.9 Å². The number of cyclic esters (lactones) is 1. The first-order valence-corrected chi connectivity index (χ1v) is 8.00. The molecule has 0 aromatic heterocycles. The lowest BCUT2D eigenvalue weighted by atomic mass is 9.89. The molecule has 2 aromatic carbocycles. The lowest BCUT2D eigenvalue weighted by Crippen LogP contribution is -2.60. The molecule has 1 fully saturated rings. The summed E-state index contributed by atoms with van der Waals surface area (Å²) in [5.74, 6) is 0.746. The van der Waals surface area contributed by atoms with Crippen LogP contribution < -0.4 is 9.64 Å². The fourth-order valence-electron chi connectivity index (χ4n) is 3.36. The largest absolute Gasteiger partial charge is 0.459 e. The highest BCUT2D eigenvalue weighted by atomic mass is 16.6. The van der Waals surface area contributed by atoms with E-state index in [0.717, 1.165) is 22.6 Å². The Morgan fingerprint density at radius 1 is 1.00 bits per heavy atom. The van der Waals surface area contributed by atoms with Gasteiger partial charge in [-0.25, -0.2) is 9.69 Å². The molecule has 0 radical (unpaired) electrons. The number of hydrogen-bond donors (Lipinski definition) is 0. The normalized spacial score (nSPS) is 23.8. The van der Waals surface area contributed by atoms with Gasteiger partial charge in [-0.1, -0.05) is 29.8 Å². The van der Waals surface area contributed by atoms with Crippen molar-refractivity contribution in [3.05, 3.63) is 65.7 Å². The number of aryl methyl sites for hydroxylation is 1. The highest BCUT2D eigenvalue weighted by Gasteiger charge is 2.63. The van der Waals surface area contributed by atoms with Crippen LogP contribution in [-0.4, -0.2) is 17.4 Å². The standard InChI is InChI=1S/C20H19NO3/c1-14-9-10-17-15(13-14)11-12-20(23-17)19(2,3)24-18(22)21(20)16-7-5-4-6-8-16/h4-13H,1-3H3. The van der Waals surface area contributed by atoms with E-state index in [1.54, 1.807) is 4.90 Å². The molecule has 1 atom stereocenters. The van der Waals surface area contributed by atoms with E-state index in [1.807, 2.05) is 75.4 Å². The molecular formula is C20H19NO3. The van der Waals surface area contributed by atoms with Gasteiger partial charge in [-0.05, 0) is 57.2 Å². The minimum Gasteiger partial charge on any atom is -0.459 e. The van der Waals surface area contributed by atoms with E-state index in [4.69, 9.17) is 9.47 Å². The molecule has 2 aromatic rings. The molecule has 0 bridgehead atoms. The third-order valence-electron chi connectivity index (χ3n) is 4.65. The van der Waals surface area contributed by atoms with Crippen molar-refractivity contribution in [2.45, 2.75) is 32.1 Å². The predicted molar refractivity (Wildman–Crippen MR) is 93.1 cm³/mol. The molecule has 4 heteroatoms. The van der Waals surface area contributed by atoms with E-state index in [9.17, 15) is 4.79 Å². The summed E-state index contributed by atoms with van der Waals surface area (Å²) in [5.41, 5.74) is 1.06. The van der Waals surface area contributed by atoms with Crippen LogP contribution >= 0.6 is 0 Å². The smallest absolute Gasteiger partial charge is 0.418 e. The van der Waals surface area contributed by atoms with Gasteiger partial charge >= 0.3 is 6.09 Å². The molecule has 1 unspecified atom stereocenters. The Hall–Kier alpha value is -2.75. The topological polar surface area (TPSA) is 38.8 Å². The van der Waals surface area contributed by atoms with Crippen molar-refractivity contribution in [2.75, 3.05) is 4.90 Å². The molecule has 2 heterocycles. The van der Waals surface area contributed by atoms with Crippen LogP contribution in [0.25, 0.3) is 6.08 Å². The molecule has 1 amide bonds. The van der Waals surface area contributed by atoms with E-state index < -0.39 is 17.4 Å². The Morgan fingerprint density at radius 2 is 1.75 bits per heavy atom. The fraction of sp³-hybridized carbons (Fsp3) is 0.250. The highest BCUT2D eigenvalue weighted by Crippen LogP contribution is 2.47. The zero-order chi connectivity index (χ0) is 16.9. The van der Waals surface area contributed by atoms with Crippen molar-refractivity contribution in [2.24, 2.45) is 0 Å². The van der Waals surface area contributed by atoms with Crippen LogP contribution in [0.3, 0.4) is 0 Å². The average Bonchev–Trinajstić information content (AvgIpc) is 2.74. The SMILES string of the molecule is Cc1ccc2c(c1)C=CC1(O2)N(c2ccccc2)C(=O)OC1(C)C. The first-order chi connectivity index (χ1) is 11.4. The van der Waals surface area contributed by atoms with Gasteiger partial charge in [-0.3, -0.25) is 0 Å². The monoisotopic (exact) mass is 321 g/mol. The molecule has 0 saturated carbocycles. The van der Waals surface area contributed by atoms with Gasteiger partial charge < -0.3 is 9.47 Å². The van der Waals surface area contributed by atoms with Crippen molar-refractivity contribution < 1.29 is 14.3 Å². The summed E-state index contributed by atoms with van der Waals surface area (Å²) in [6, 6.07) is 15.5. The van der Waals surface area contributed by atoms with E-state index in [1.165, 1.54) is 0 Å². The number of para-hydroxylation sites is 1. The van der Waals surface area contributed by atoms with Gasteiger partial charge in [0, 0.05) is 5.56 Å². The van der Waals surface area contributed by atoms with E-state index in [-0.39, 0.29) is 0 Å². The Balaban J connectivity index is 1.88. The number of rotatable bonds is 1. The number of carbonyl (C=O) groups is 1. The molecule has 2 aliphatic heterocycles. The quantitative estimate of drug-likeness (QED) is 0.774. The summed E-state index contributed by atoms with van der Waals surface area (Å²) in [5, 5.41) is 0. The number of nitrogens with zero attached hydrogens (tertiary/aromatic N) is 1. The van der Waals surface area contributed by atoms with Crippen LogP contribution in [0.15, 0.2) is 54.6 Å². The number of hydrogen-bond acceptors (Lipinski definition) is 3. The number of carbonyl (C=O) groups excluding carboxylic acids is 1. The second-order valence-electron chi connectivity index (χ2n) is 6.72. The second-order valence-corrected chi connectivity index (χ2v) is 6.72. The van der Waals surface area contributed by atoms with Crippen LogP contribution in [0, 0.1) is 6.92 Å². The van der Waals surface area contributed by atoms with Gasteiger partial charge in [0.25, 0.3) is 5.72 Å². The maximum atomic E-state index is 12.6. The lowest BCUT2D eigenvalue weighted by molar-refractivity contribution is -0.0379. The average molecular weight is 321 g/mol. The second kappa shape index (κ2) is 4.87. The Labute approximate surface area is 141 Å². The van der Waals surface area contributed by atoms with Gasteiger partial charge in [0.2, 0.25) is 0 Å². The molecule has 0 aliphatic carbocycles. The van der Waals surface area contributed by atoms with E-state index in [2.05, 4.69) is 6.07 Å². The summed E-state index contributed by atoms with van der Waals surface area (Å²) in [7, 11) is 0. The third-order valence-corrected chi connectivity index (χ3v) is 4.65. The molecule has 0 N–H and O–H groups in total. The van der Waals surface area contributed by atoms with Crippen molar-refractivity contribution in [1.82, 2.24) is 0 Å². The Kier molecular flexibility index (Phi) is 3.01. The van der Waals surface area contributed by atoms with Crippen molar-refractivity contribution in [3.63, 3.8) is 0 Å². The molecule has 24 heavy (non-hydrogen) atoms. The molecule has 122 valence electrons. The van der Waals surface area contributed by atoms with Crippen LogP contribution in [0.4, 0.5) is 10.5 Å². The zero-order valence-electron chi connectivity index (χ0n) is 13.9. The van der Waals surface area contributed by atoms with E-state index >= 15 is 0 Å². The summed E-state index contributed by atoms with van der Waals surface area (Å²) in [4.78, 5) is 14.2. The number of benzene rings is 2. The maximum Gasteiger partial charge on any atom is 0.418 e. The number of anilines is 1. The number of amides is 1. The molecule has 2 aliphatic rings. The van der Waals surface area contributed by atoms with Gasteiger partial charge in [0.05, 0.1) is 5.69 Å². The minimum absolute atomic E-state index is 0.411. The van der Waals surface area contributed by atoms with E-state index in [0.29, 0.717) is 0 Å². The molecule has 4 nitrogen and oxygen atoms in total. The zero-order valence-corrected chi connectivity index (χ0v) is 13.9. The predicted octanol–water partition coefficient (Wildman–Crippen LogP) is 4.53. The third kappa shape index (κ3) is 1.96. The lowest BCUT2D eigenvalue weighted by Gasteiger charge is -2.42. The first kappa shape index (κ1) is 14.8. The first-order valence-electron chi connectivity index (χ1n) is 8.00. The van der Waals surface area contributed by atoms with Gasteiger partial charge in [-0.2, -0.15) is 0 Å². The Morgan fingerprint density at radius 3 is 2.50 bits per heavy atom. The maximum absolute atomic E-state index is 12.6. The minimum atomic E-state index is -1.02. The summed E-state index contributed by atoms with van der Waals surface area (Å²) in [6.07, 6.45) is 3.52. The Bertz CT molecular complexity index is 841. The summed E-state index contributed by atoms with van der Waals surface area (Å²) < 4.78 is 12.0. The van der Waals surface area contributed by atoms with Gasteiger partial charge in [0.1, 0.15) is 5.75 Å². The number of ether oxygens (including phenoxy) is 2. The van der Waals surface area contributed by atoms with Crippen LogP contribution in [0.2, 0.25) is 0 Å². The van der Waals surface area contributed by atoms with Gasteiger partial charge in [-0.15, -0.1) is 0 Å². The molecule has 1 spiro atoms.